The summed E-state index contributed by atoms with van der Waals surface area (Å²) in [5.41, 5.74) is 2.27. The van der Waals surface area contributed by atoms with Gasteiger partial charge in [-0.1, -0.05) is 0 Å². The van der Waals surface area contributed by atoms with Crippen LogP contribution in [0.2, 0.25) is 0 Å². The highest BCUT2D eigenvalue weighted by molar-refractivity contribution is 5.48. The number of pyridine rings is 1. The minimum absolute atomic E-state index is 1.05. The number of aryl methyl sites for hydroxylation is 1. The van der Waals surface area contributed by atoms with Crippen molar-refractivity contribution < 1.29 is 0 Å². The van der Waals surface area contributed by atoms with Crippen molar-refractivity contribution in [3.8, 4) is 0 Å². The molecule has 0 fully saturated rings. The molecule has 1 aromatic rings. The van der Waals surface area contributed by atoms with E-state index in [2.05, 4.69) is 42.1 Å². The lowest BCUT2D eigenvalue weighted by Gasteiger charge is -2.14. The summed E-state index contributed by atoms with van der Waals surface area (Å²) in [5.74, 6) is 0. The fourth-order valence-electron chi connectivity index (χ4n) is 1.30. The summed E-state index contributed by atoms with van der Waals surface area (Å²) in [6.07, 6.45) is 6.10. The number of hydrogen-bond donors (Lipinski definition) is 0. The van der Waals surface area contributed by atoms with Crippen molar-refractivity contribution in [2.24, 2.45) is 0 Å². The molecule has 0 aliphatic carbocycles. The molecule has 0 unspecified atom stereocenters. The van der Waals surface area contributed by atoms with Gasteiger partial charge in [-0.25, -0.2) is 0 Å². The predicted molar refractivity (Wildman–Crippen MR) is 60.9 cm³/mol. The molecule has 2 nitrogen and oxygen atoms in total. The zero-order chi connectivity index (χ0) is 10.4. The molecule has 76 valence electrons. The van der Waals surface area contributed by atoms with E-state index in [0.29, 0.717) is 0 Å². The van der Waals surface area contributed by atoms with E-state index in [1.807, 2.05) is 19.2 Å². The van der Waals surface area contributed by atoms with Crippen LogP contribution in [0.5, 0.6) is 0 Å². The Kier molecular flexibility index (Phi) is 4.17. The predicted octanol–water partition coefficient (Wildman–Crippen LogP) is 2.70. The van der Waals surface area contributed by atoms with Crippen molar-refractivity contribution in [1.82, 2.24) is 9.88 Å². The fourth-order valence-corrected chi connectivity index (χ4v) is 1.30. The average molecular weight is 190 g/mol. The maximum absolute atomic E-state index is 4.16. The summed E-state index contributed by atoms with van der Waals surface area (Å²) in [6, 6.07) is 4.10. The third-order valence-corrected chi connectivity index (χ3v) is 2.21. The molecule has 1 rings (SSSR count). The Hall–Kier alpha value is -1.31. The highest BCUT2D eigenvalue weighted by Crippen LogP contribution is 2.04. The monoisotopic (exact) mass is 190 g/mol. The van der Waals surface area contributed by atoms with E-state index < -0.39 is 0 Å². The second-order valence-corrected chi connectivity index (χ2v) is 3.27. The summed E-state index contributed by atoms with van der Waals surface area (Å²) in [6.45, 7) is 8.43. The lowest BCUT2D eigenvalue weighted by atomic mass is 10.2. The van der Waals surface area contributed by atoms with Gasteiger partial charge in [0.15, 0.2) is 0 Å². The van der Waals surface area contributed by atoms with Crippen LogP contribution in [-0.2, 0) is 0 Å². The highest BCUT2D eigenvalue weighted by Gasteiger charge is 1.91. The Morgan fingerprint density at radius 3 is 2.64 bits per heavy atom. The standard InChI is InChI=1S/C12H18N2/c1-4-14(5-2)9-7-12-6-8-13-11(3)10-12/h6-10H,4-5H2,1-3H3/b9-7+. The van der Waals surface area contributed by atoms with Gasteiger partial charge in [-0.15, -0.1) is 0 Å². The summed E-state index contributed by atoms with van der Waals surface area (Å²) >= 11 is 0. The zero-order valence-electron chi connectivity index (χ0n) is 9.20. The van der Waals surface area contributed by atoms with Crippen molar-refractivity contribution in [3.05, 3.63) is 35.8 Å². The van der Waals surface area contributed by atoms with Crippen LogP contribution in [0.1, 0.15) is 25.1 Å². The molecular formula is C12H18N2. The fraction of sp³-hybridized carbons (Fsp3) is 0.417. The van der Waals surface area contributed by atoms with Crippen LogP contribution < -0.4 is 0 Å². The molecule has 14 heavy (non-hydrogen) atoms. The van der Waals surface area contributed by atoms with E-state index in [-0.39, 0.29) is 0 Å². The topological polar surface area (TPSA) is 16.1 Å². The second-order valence-electron chi connectivity index (χ2n) is 3.27. The quantitative estimate of drug-likeness (QED) is 0.725. The maximum Gasteiger partial charge on any atom is 0.0378 e. The van der Waals surface area contributed by atoms with Crippen molar-refractivity contribution in [1.29, 1.82) is 0 Å². The Balaban J connectivity index is 2.67. The van der Waals surface area contributed by atoms with Crippen LogP contribution >= 0.6 is 0 Å². The minimum Gasteiger partial charge on any atom is -0.378 e. The number of rotatable bonds is 4. The molecule has 0 aromatic carbocycles. The molecule has 0 atom stereocenters. The van der Waals surface area contributed by atoms with Gasteiger partial charge in [0.2, 0.25) is 0 Å². The van der Waals surface area contributed by atoms with Gasteiger partial charge in [0.1, 0.15) is 0 Å². The number of aromatic nitrogens is 1. The minimum atomic E-state index is 1.05. The molecule has 0 bridgehead atoms. The number of hydrogen-bond acceptors (Lipinski definition) is 2. The van der Waals surface area contributed by atoms with Gasteiger partial charge in [-0.05, 0) is 50.7 Å². The van der Waals surface area contributed by atoms with Gasteiger partial charge in [-0.2, -0.15) is 0 Å². The van der Waals surface area contributed by atoms with Crippen LogP contribution in [0.15, 0.2) is 24.5 Å². The van der Waals surface area contributed by atoms with Crippen LogP contribution in [-0.4, -0.2) is 23.0 Å². The summed E-state index contributed by atoms with van der Waals surface area (Å²) in [7, 11) is 0. The molecule has 0 saturated heterocycles. The summed E-state index contributed by atoms with van der Waals surface area (Å²) in [5, 5.41) is 0. The van der Waals surface area contributed by atoms with Crippen LogP contribution in [0, 0.1) is 6.92 Å². The first-order chi connectivity index (χ1) is 6.76. The third-order valence-electron chi connectivity index (χ3n) is 2.21. The molecule has 0 radical (unpaired) electrons. The Labute approximate surface area is 86.3 Å². The van der Waals surface area contributed by atoms with Crippen LogP contribution in [0.3, 0.4) is 0 Å². The second kappa shape index (κ2) is 5.43. The van der Waals surface area contributed by atoms with E-state index in [1.54, 1.807) is 0 Å². The number of nitrogens with zero attached hydrogens (tertiary/aromatic N) is 2. The normalized spacial score (nSPS) is 10.8. The van der Waals surface area contributed by atoms with Gasteiger partial charge in [0, 0.05) is 25.0 Å². The first-order valence-corrected chi connectivity index (χ1v) is 5.11. The molecule has 0 aliphatic rings. The Morgan fingerprint density at radius 1 is 1.36 bits per heavy atom. The molecule has 0 aliphatic heterocycles. The summed E-state index contributed by atoms with van der Waals surface area (Å²) < 4.78 is 0. The lowest BCUT2D eigenvalue weighted by molar-refractivity contribution is 0.421. The van der Waals surface area contributed by atoms with Crippen LogP contribution in [0.4, 0.5) is 0 Å². The molecular weight excluding hydrogens is 172 g/mol. The van der Waals surface area contributed by atoms with Gasteiger partial charge >= 0.3 is 0 Å². The van der Waals surface area contributed by atoms with E-state index >= 15 is 0 Å². The summed E-state index contributed by atoms with van der Waals surface area (Å²) in [4.78, 5) is 6.42. The smallest absolute Gasteiger partial charge is 0.0378 e. The average Bonchev–Trinajstić information content (AvgIpc) is 2.19. The highest BCUT2D eigenvalue weighted by atomic mass is 15.1. The molecule has 2 heteroatoms. The maximum atomic E-state index is 4.16. The first-order valence-electron chi connectivity index (χ1n) is 5.11. The SMILES string of the molecule is CCN(/C=C/c1ccnc(C)c1)CC. The molecule has 0 spiro atoms. The molecule has 0 amide bonds. The Morgan fingerprint density at radius 2 is 2.07 bits per heavy atom. The van der Waals surface area contributed by atoms with E-state index in [9.17, 15) is 0 Å². The van der Waals surface area contributed by atoms with Crippen molar-refractivity contribution >= 4 is 6.08 Å². The van der Waals surface area contributed by atoms with Gasteiger partial charge < -0.3 is 4.90 Å². The molecule has 0 N–H and O–H groups in total. The van der Waals surface area contributed by atoms with E-state index in [4.69, 9.17) is 0 Å². The molecule has 1 heterocycles. The van der Waals surface area contributed by atoms with Gasteiger partial charge in [-0.3, -0.25) is 4.98 Å². The zero-order valence-corrected chi connectivity index (χ0v) is 9.20. The largest absolute Gasteiger partial charge is 0.378 e. The lowest BCUT2D eigenvalue weighted by Crippen LogP contribution is -2.14. The van der Waals surface area contributed by atoms with Gasteiger partial charge in [0.25, 0.3) is 0 Å². The molecule has 0 saturated carbocycles. The van der Waals surface area contributed by atoms with Crippen LogP contribution in [0.25, 0.3) is 6.08 Å². The van der Waals surface area contributed by atoms with Crippen molar-refractivity contribution in [2.75, 3.05) is 13.1 Å². The molecule has 1 aromatic heterocycles. The Bertz CT molecular complexity index is 301. The first kappa shape index (κ1) is 10.8. The van der Waals surface area contributed by atoms with Gasteiger partial charge in [0.05, 0.1) is 0 Å². The third kappa shape index (κ3) is 3.21. The van der Waals surface area contributed by atoms with E-state index in [1.165, 1.54) is 5.56 Å². The van der Waals surface area contributed by atoms with Crippen molar-refractivity contribution in [2.45, 2.75) is 20.8 Å². The van der Waals surface area contributed by atoms with E-state index in [0.717, 1.165) is 18.8 Å². The van der Waals surface area contributed by atoms with Crippen molar-refractivity contribution in [3.63, 3.8) is 0 Å².